The van der Waals surface area contributed by atoms with Crippen LogP contribution in [0.1, 0.15) is 27.6 Å². The standard InChI is InChI=1S/C14H15NO2S/c1-10-4-2-3-5-12(10)13(16)8-15-14(17)11-6-7-18-9-11/h2-7,9,13,16H,8H2,1H3,(H,15,17)/t13-/m0/s1. The Hall–Kier alpha value is -1.65. The molecule has 1 aromatic carbocycles. The van der Waals surface area contributed by atoms with E-state index in [4.69, 9.17) is 0 Å². The van der Waals surface area contributed by atoms with E-state index in [1.165, 1.54) is 11.3 Å². The number of aliphatic hydroxyl groups excluding tert-OH is 1. The van der Waals surface area contributed by atoms with Gasteiger partial charge < -0.3 is 10.4 Å². The molecule has 1 atom stereocenters. The normalized spacial score (nSPS) is 12.1. The van der Waals surface area contributed by atoms with E-state index in [0.29, 0.717) is 5.56 Å². The van der Waals surface area contributed by atoms with Gasteiger partial charge in [0.05, 0.1) is 6.10 Å². The van der Waals surface area contributed by atoms with Crippen LogP contribution in [0.2, 0.25) is 0 Å². The smallest absolute Gasteiger partial charge is 0.252 e. The molecule has 0 saturated heterocycles. The van der Waals surface area contributed by atoms with Gasteiger partial charge in [-0.15, -0.1) is 0 Å². The molecule has 0 saturated carbocycles. The molecule has 0 unspecified atom stereocenters. The summed E-state index contributed by atoms with van der Waals surface area (Å²) in [5, 5.41) is 16.4. The first kappa shape index (κ1) is 12.8. The summed E-state index contributed by atoms with van der Waals surface area (Å²) in [5.74, 6) is -0.149. The molecular formula is C14H15NO2S. The largest absolute Gasteiger partial charge is 0.387 e. The second-order valence-corrected chi connectivity index (χ2v) is 4.87. The van der Waals surface area contributed by atoms with Crippen molar-refractivity contribution in [3.63, 3.8) is 0 Å². The van der Waals surface area contributed by atoms with Crippen LogP contribution in [0.25, 0.3) is 0 Å². The Kier molecular flexibility index (Phi) is 4.12. The Bertz CT molecular complexity index is 522. The summed E-state index contributed by atoms with van der Waals surface area (Å²) in [6.45, 7) is 2.17. The summed E-state index contributed by atoms with van der Waals surface area (Å²) in [6.07, 6.45) is -0.672. The second-order valence-electron chi connectivity index (χ2n) is 4.09. The maximum Gasteiger partial charge on any atom is 0.252 e. The van der Waals surface area contributed by atoms with Gasteiger partial charge in [0.15, 0.2) is 0 Å². The van der Waals surface area contributed by atoms with Gasteiger partial charge in [0.1, 0.15) is 0 Å². The third kappa shape index (κ3) is 2.97. The number of amides is 1. The summed E-state index contributed by atoms with van der Waals surface area (Å²) in [6, 6.07) is 9.39. The van der Waals surface area contributed by atoms with Crippen LogP contribution in [0.5, 0.6) is 0 Å². The molecule has 0 bridgehead atoms. The number of hydrogen-bond acceptors (Lipinski definition) is 3. The molecular weight excluding hydrogens is 246 g/mol. The first-order chi connectivity index (χ1) is 8.68. The highest BCUT2D eigenvalue weighted by Crippen LogP contribution is 2.16. The highest BCUT2D eigenvalue weighted by molar-refractivity contribution is 7.08. The minimum atomic E-state index is -0.672. The van der Waals surface area contributed by atoms with Gasteiger partial charge in [-0.3, -0.25) is 4.79 Å². The van der Waals surface area contributed by atoms with Crippen LogP contribution in [0.4, 0.5) is 0 Å². The van der Waals surface area contributed by atoms with Crippen molar-refractivity contribution in [3.8, 4) is 0 Å². The van der Waals surface area contributed by atoms with Crippen LogP contribution in [-0.4, -0.2) is 17.6 Å². The van der Waals surface area contributed by atoms with Gasteiger partial charge >= 0.3 is 0 Å². The second kappa shape index (κ2) is 5.80. The van der Waals surface area contributed by atoms with E-state index in [1.54, 1.807) is 11.4 Å². The van der Waals surface area contributed by atoms with Crippen molar-refractivity contribution in [2.24, 2.45) is 0 Å². The molecule has 1 aromatic heterocycles. The molecule has 4 heteroatoms. The van der Waals surface area contributed by atoms with Crippen molar-refractivity contribution < 1.29 is 9.90 Å². The van der Waals surface area contributed by atoms with Crippen LogP contribution < -0.4 is 5.32 Å². The molecule has 2 rings (SSSR count). The lowest BCUT2D eigenvalue weighted by Gasteiger charge is -2.14. The summed E-state index contributed by atoms with van der Waals surface area (Å²) in [5.41, 5.74) is 2.51. The molecule has 18 heavy (non-hydrogen) atoms. The number of benzene rings is 1. The number of carbonyl (C=O) groups is 1. The van der Waals surface area contributed by atoms with Gasteiger partial charge in [0.25, 0.3) is 5.91 Å². The van der Waals surface area contributed by atoms with Crippen LogP contribution in [0.15, 0.2) is 41.1 Å². The lowest BCUT2D eigenvalue weighted by Crippen LogP contribution is -2.28. The quantitative estimate of drug-likeness (QED) is 0.888. The molecule has 1 amide bonds. The number of hydrogen-bond donors (Lipinski definition) is 2. The Morgan fingerprint density at radius 1 is 1.39 bits per heavy atom. The third-order valence-electron chi connectivity index (χ3n) is 2.79. The zero-order valence-corrected chi connectivity index (χ0v) is 10.9. The number of carbonyl (C=O) groups excluding carboxylic acids is 1. The summed E-state index contributed by atoms with van der Waals surface area (Å²) in [4.78, 5) is 11.7. The maximum atomic E-state index is 11.7. The summed E-state index contributed by atoms with van der Waals surface area (Å²) >= 11 is 1.48. The molecule has 0 spiro atoms. The van der Waals surface area contributed by atoms with Crippen molar-refractivity contribution in [1.29, 1.82) is 0 Å². The van der Waals surface area contributed by atoms with Gasteiger partial charge in [-0.1, -0.05) is 24.3 Å². The van der Waals surface area contributed by atoms with Crippen LogP contribution in [0, 0.1) is 6.92 Å². The molecule has 0 aliphatic heterocycles. The minimum Gasteiger partial charge on any atom is -0.387 e. The number of thiophene rings is 1. The van der Waals surface area contributed by atoms with Crippen molar-refractivity contribution in [1.82, 2.24) is 5.32 Å². The maximum absolute atomic E-state index is 11.7. The van der Waals surface area contributed by atoms with E-state index >= 15 is 0 Å². The fourth-order valence-electron chi connectivity index (χ4n) is 1.76. The van der Waals surface area contributed by atoms with E-state index < -0.39 is 6.10 Å². The topological polar surface area (TPSA) is 49.3 Å². The van der Waals surface area contributed by atoms with Crippen LogP contribution in [-0.2, 0) is 0 Å². The summed E-state index contributed by atoms with van der Waals surface area (Å²) < 4.78 is 0. The molecule has 0 radical (unpaired) electrons. The number of rotatable bonds is 4. The molecule has 0 fully saturated rings. The van der Waals surface area contributed by atoms with Crippen LogP contribution in [0.3, 0.4) is 0 Å². The fraction of sp³-hybridized carbons (Fsp3) is 0.214. The zero-order valence-electron chi connectivity index (χ0n) is 10.1. The van der Waals surface area contributed by atoms with Gasteiger partial charge in [0, 0.05) is 17.5 Å². The Balaban J connectivity index is 1.95. The number of nitrogens with one attached hydrogen (secondary N) is 1. The Labute approximate surface area is 110 Å². The summed E-state index contributed by atoms with van der Waals surface area (Å²) in [7, 11) is 0. The van der Waals surface area contributed by atoms with E-state index in [-0.39, 0.29) is 12.5 Å². The first-order valence-electron chi connectivity index (χ1n) is 5.72. The SMILES string of the molecule is Cc1ccccc1[C@@H](O)CNC(=O)c1ccsc1. The molecule has 2 N–H and O–H groups in total. The van der Waals surface area contributed by atoms with E-state index in [2.05, 4.69) is 5.32 Å². The molecule has 0 aliphatic rings. The van der Waals surface area contributed by atoms with E-state index in [1.807, 2.05) is 36.6 Å². The van der Waals surface area contributed by atoms with Crippen molar-refractivity contribution in [2.45, 2.75) is 13.0 Å². The number of aliphatic hydroxyl groups is 1. The monoisotopic (exact) mass is 261 g/mol. The Morgan fingerprint density at radius 3 is 2.83 bits per heavy atom. The van der Waals surface area contributed by atoms with Crippen LogP contribution >= 0.6 is 11.3 Å². The Morgan fingerprint density at radius 2 is 2.17 bits per heavy atom. The lowest BCUT2D eigenvalue weighted by molar-refractivity contribution is 0.0916. The van der Waals surface area contributed by atoms with Crippen molar-refractivity contribution in [3.05, 3.63) is 57.8 Å². The van der Waals surface area contributed by atoms with Gasteiger partial charge in [-0.05, 0) is 29.5 Å². The highest BCUT2D eigenvalue weighted by Gasteiger charge is 2.12. The number of aryl methyl sites for hydroxylation is 1. The average Bonchev–Trinajstić information content (AvgIpc) is 2.90. The van der Waals surface area contributed by atoms with Gasteiger partial charge in [-0.25, -0.2) is 0 Å². The van der Waals surface area contributed by atoms with E-state index in [0.717, 1.165) is 11.1 Å². The highest BCUT2D eigenvalue weighted by atomic mass is 32.1. The minimum absolute atomic E-state index is 0.149. The molecule has 94 valence electrons. The van der Waals surface area contributed by atoms with Gasteiger partial charge in [0.2, 0.25) is 0 Å². The molecule has 0 aliphatic carbocycles. The third-order valence-corrected chi connectivity index (χ3v) is 3.47. The molecule has 3 nitrogen and oxygen atoms in total. The lowest BCUT2D eigenvalue weighted by atomic mass is 10.0. The molecule has 2 aromatic rings. The van der Waals surface area contributed by atoms with Gasteiger partial charge in [-0.2, -0.15) is 11.3 Å². The zero-order chi connectivity index (χ0) is 13.0. The fourth-order valence-corrected chi connectivity index (χ4v) is 2.39. The van der Waals surface area contributed by atoms with Crippen molar-refractivity contribution in [2.75, 3.05) is 6.54 Å². The van der Waals surface area contributed by atoms with E-state index in [9.17, 15) is 9.90 Å². The average molecular weight is 261 g/mol. The first-order valence-corrected chi connectivity index (χ1v) is 6.67. The predicted molar refractivity (Wildman–Crippen MR) is 72.8 cm³/mol. The molecule has 1 heterocycles. The predicted octanol–water partition coefficient (Wildman–Crippen LogP) is 2.52. The van der Waals surface area contributed by atoms with Crippen molar-refractivity contribution >= 4 is 17.2 Å².